The van der Waals surface area contributed by atoms with Crippen molar-refractivity contribution in [1.82, 2.24) is 4.57 Å². The number of rotatable bonds is 2. The Morgan fingerprint density at radius 3 is 2.52 bits per heavy atom. The van der Waals surface area contributed by atoms with Crippen molar-refractivity contribution in [3.8, 4) is 5.69 Å². The lowest BCUT2D eigenvalue weighted by Gasteiger charge is -2.14. The molecule has 0 spiro atoms. The molecular formula is C14H12F3N3O. The van der Waals surface area contributed by atoms with Gasteiger partial charge in [-0.2, -0.15) is 13.2 Å². The fourth-order valence-electron chi connectivity index (χ4n) is 1.94. The predicted octanol–water partition coefficient (Wildman–Crippen LogP) is 2.45. The Morgan fingerprint density at radius 2 is 1.95 bits per heavy atom. The lowest BCUT2D eigenvalue weighted by molar-refractivity contribution is -0.137. The van der Waals surface area contributed by atoms with E-state index in [4.69, 9.17) is 11.1 Å². The van der Waals surface area contributed by atoms with Gasteiger partial charge in [-0.05, 0) is 25.1 Å². The minimum Gasteiger partial charge on any atom is -0.384 e. The number of pyridine rings is 1. The number of nitrogen functional groups attached to an aromatic ring is 1. The smallest absolute Gasteiger partial charge is 0.384 e. The van der Waals surface area contributed by atoms with Crippen molar-refractivity contribution in [2.24, 2.45) is 5.73 Å². The van der Waals surface area contributed by atoms with Gasteiger partial charge in [-0.15, -0.1) is 0 Å². The number of hydrogen-bond donors (Lipinski definition) is 2. The van der Waals surface area contributed by atoms with Crippen molar-refractivity contribution in [2.75, 3.05) is 0 Å². The van der Waals surface area contributed by atoms with Crippen molar-refractivity contribution in [2.45, 2.75) is 13.1 Å². The van der Waals surface area contributed by atoms with Gasteiger partial charge >= 0.3 is 6.18 Å². The van der Waals surface area contributed by atoms with Crippen LogP contribution in [0.2, 0.25) is 0 Å². The number of halogens is 3. The normalized spacial score (nSPS) is 11.4. The zero-order valence-corrected chi connectivity index (χ0v) is 11.0. The summed E-state index contributed by atoms with van der Waals surface area (Å²) in [4.78, 5) is 11.7. The van der Waals surface area contributed by atoms with Gasteiger partial charge in [0.25, 0.3) is 0 Å². The highest BCUT2D eigenvalue weighted by molar-refractivity contribution is 5.94. The summed E-state index contributed by atoms with van der Waals surface area (Å²) >= 11 is 0. The number of amidine groups is 1. The highest BCUT2D eigenvalue weighted by Gasteiger charge is 2.30. The number of aryl methyl sites for hydroxylation is 1. The van der Waals surface area contributed by atoms with Gasteiger partial charge < -0.3 is 10.3 Å². The molecule has 0 fully saturated rings. The first kappa shape index (κ1) is 14.8. The summed E-state index contributed by atoms with van der Waals surface area (Å²) in [6, 6.07) is 5.94. The molecule has 0 unspecified atom stereocenters. The summed E-state index contributed by atoms with van der Waals surface area (Å²) in [5.41, 5.74) is 4.70. The molecule has 1 aromatic carbocycles. The van der Waals surface area contributed by atoms with Gasteiger partial charge in [-0.25, -0.2) is 0 Å². The van der Waals surface area contributed by atoms with Crippen LogP contribution in [0, 0.1) is 12.3 Å². The van der Waals surface area contributed by atoms with E-state index in [2.05, 4.69) is 0 Å². The standard InChI is InChI=1S/C14H12F3N3O/c1-8-5-12(21)11(13(18)19)7-20(8)10-4-2-3-9(6-10)14(15,16)17/h2-7H,1H3,(H3,18,19). The number of hydrogen-bond acceptors (Lipinski definition) is 2. The number of alkyl halides is 3. The summed E-state index contributed by atoms with van der Waals surface area (Å²) in [6.07, 6.45) is -3.18. The van der Waals surface area contributed by atoms with Crippen molar-refractivity contribution in [3.63, 3.8) is 0 Å². The Hall–Kier alpha value is -2.57. The molecule has 3 N–H and O–H groups in total. The first-order valence-corrected chi connectivity index (χ1v) is 5.95. The average Bonchev–Trinajstić information content (AvgIpc) is 2.37. The van der Waals surface area contributed by atoms with E-state index in [1.54, 1.807) is 6.92 Å². The summed E-state index contributed by atoms with van der Waals surface area (Å²) in [7, 11) is 0. The number of nitrogens with zero attached hydrogens (tertiary/aromatic N) is 1. The SMILES string of the molecule is Cc1cc(=O)c(C(=N)N)cn1-c1cccc(C(F)(F)F)c1. The molecule has 0 atom stereocenters. The number of benzene rings is 1. The van der Waals surface area contributed by atoms with Gasteiger partial charge in [0, 0.05) is 23.6 Å². The predicted molar refractivity (Wildman–Crippen MR) is 72.8 cm³/mol. The third-order valence-corrected chi connectivity index (χ3v) is 2.99. The summed E-state index contributed by atoms with van der Waals surface area (Å²) < 4.78 is 39.6. The Kier molecular flexibility index (Phi) is 3.59. The van der Waals surface area contributed by atoms with Crippen LogP contribution in [0.1, 0.15) is 16.8 Å². The van der Waals surface area contributed by atoms with Crippen molar-refractivity contribution < 1.29 is 13.2 Å². The monoisotopic (exact) mass is 295 g/mol. The molecule has 0 aliphatic rings. The minimum atomic E-state index is -4.45. The molecule has 4 nitrogen and oxygen atoms in total. The number of nitrogens with one attached hydrogen (secondary N) is 1. The van der Waals surface area contributed by atoms with Gasteiger partial charge in [0.05, 0.1) is 11.1 Å². The van der Waals surface area contributed by atoms with Gasteiger partial charge in [-0.1, -0.05) is 6.07 Å². The Morgan fingerprint density at radius 1 is 1.29 bits per heavy atom. The Balaban J connectivity index is 2.65. The maximum absolute atomic E-state index is 12.7. The molecule has 0 aliphatic carbocycles. The van der Waals surface area contributed by atoms with Gasteiger partial charge in [0.1, 0.15) is 5.84 Å². The third kappa shape index (κ3) is 2.96. The highest BCUT2D eigenvalue weighted by atomic mass is 19.4. The fourth-order valence-corrected chi connectivity index (χ4v) is 1.94. The molecule has 1 aromatic heterocycles. The van der Waals surface area contributed by atoms with Crippen LogP contribution in [0.15, 0.2) is 41.3 Å². The van der Waals surface area contributed by atoms with Crippen molar-refractivity contribution in [1.29, 1.82) is 5.41 Å². The fraction of sp³-hybridized carbons (Fsp3) is 0.143. The molecule has 0 amide bonds. The van der Waals surface area contributed by atoms with Crippen LogP contribution in [0.25, 0.3) is 5.69 Å². The quantitative estimate of drug-likeness (QED) is 0.660. The van der Waals surface area contributed by atoms with Gasteiger partial charge in [-0.3, -0.25) is 10.2 Å². The molecule has 0 saturated heterocycles. The van der Waals surface area contributed by atoms with Crippen LogP contribution in [0.4, 0.5) is 13.2 Å². The van der Waals surface area contributed by atoms with Crippen LogP contribution in [-0.4, -0.2) is 10.4 Å². The van der Waals surface area contributed by atoms with Gasteiger partial charge in [0.15, 0.2) is 5.43 Å². The molecule has 0 saturated carbocycles. The molecule has 2 rings (SSSR count). The van der Waals surface area contributed by atoms with Crippen LogP contribution in [-0.2, 0) is 6.18 Å². The zero-order valence-electron chi connectivity index (χ0n) is 11.0. The van der Waals surface area contributed by atoms with E-state index < -0.39 is 23.0 Å². The first-order chi connectivity index (χ1) is 9.70. The van der Waals surface area contributed by atoms with Crippen LogP contribution in [0.3, 0.4) is 0 Å². The second-order valence-corrected chi connectivity index (χ2v) is 4.52. The topological polar surface area (TPSA) is 71.9 Å². The van der Waals surface area contributed by atoms with Crippen molar-refractivity contribution in [3.05, 3.63) is 63.6 Å². The molecule has 21 heavy (non-hydrogen) atoms. The molecule has 110 valence electrons. The Labute approximate surface area is 118 Å². The third-order valence-electron chi connectivity index (χ3n) is 2.99. The summed E-state index contributed by atoms with van der Waals surface area (Å²) in [5.74, 6) is -0.430. The molecular weight excluding hydrogens is 283 g/mol. The lowest BCUT2D eigenvalue weighted by Crippen LogP contribution is -2.23. The van der Waals surface area contributed by atoms with Crippen LogP contribution in [0.5, 0.6) is 0 Å². The first-order valence-electron chi connectivity index (χ1n) is 5.95. The summed E-state index contributed by atoms with van der Waals surface area (Å²) in [5, 5.41) is 7.33. The molecule has 7 heteroatoms. The molecule has 0 aliphatic heterocycles. The summed E-state index contributed by atoms with van der Waals surface area (Å²) in [6.45, 7) is 1.59. The molecule has 2 aromatic rings. The maximum atomic E-state index is 12.7. The van der Waals surface area contributed by atoms with E-state index in [-0.39, 0.29) is 11.3 Å². The molecule has 0 radical (unpaired) electrons. The zero-order chi connectivity index (χ0) is 15.8. The van der Waals surface area contributed by atoms with Gasteiger partial charge in [0.2, 0.25) is 0 Å². The van der Waals surface area contributed by atoms with Crippen molar-refractivity contribution >= 4 is 5.84 Å². The number of aromatic nitrogens is 1. The Bertz CT molecular complexity index is 763. The second-order valence-electron chi connectivity index (χ2n) is 4.52. The van der Waals surface area contributed by atoms with E-state index >= 15 is 0 Å². The van der Waals surface area contributed by atoms with E-state index in [0.29, 0.717) is 5.69 Å². The second kappa shape index (κ2) is 5.08. The van der Waals surface area contributed by atoms with E-state index in [9.17, 15) is 18.0 Å². The van der Waals surface area contributed by atoms with E-state index in [1.807, 2.05) is 0 Å². The van der Waals surface area contributed by atoms with E-state index in [1.165, 1.54) is 29.0 Å². The maximum Gasteiger partial charge on any atom is 0.416 e. The van der Waals surface area contributed by atoms with Crippen LogP contribution >= 0.6 is 0 Å². The number of nitrogens with two attached hydrogens (primary N) is 1. The minimum absolute atomic E-state index is 0.0574. The lowest BCUT2D eigenvalue weighted by atomic mass is 10.1. The van der Waals surface area contributed by atoms with E-state index in [0.717, 1.165) is 12.1 Å². The van der Waals surface area contributed by atoms with Crippen LogP contribution < -0.4 is 11.2 Å². The average molecular weight is 295 g/mol. The largest absolute Gasteiger partial charge is 0.416 e. The molecule has 0 bridgehead atoms. The highest BCUT2D eigenvalue weighted by Crippen LogP contribution is 2.30. The molecule has 1 heterocycles.